The van der Waals surface area contributed by atoms with E-state index in [-0.39, 0.29) is 5.92 Å². The van der Waals surface area contributed by atoms with Crippen LogP contribution in [0, 0.1) is 0 Å². The van der Waals surface area contributed by atoms with Crippen molar-refractivity contribution in [2.45, 2.75) is 25.9 Å². The second-order valence-electron chi connectivity index (χ2n) is 3.02. The van der Waals surface area contributed by atoms with Crippen LogP contribution in [0.3, 0.4) is 0 Å². The van der Waals surface area contributed by atoms with Gasteiger partial charge in [-0.1, -0.05) is 6.92 Å². The Labute approximate surface area is 77.6 Å². The van der Waals surface area contributed by atoms with E-state index in [1.807, 2.05) is 6.92 Å². The van der Waals surface area contributed by atoms with Crippen LogP contribution in [0.25, 0.3) is 0 Å². The van der Waals surface area contributed by atoms with E-state index < -0.39 is 6.10 Å². The van der Waals surface area contributed by atoms with Gasteiger partial charge in [0, 0.05) is 12.1 Å². The number of aromatic nitrogens is 2. The molecule has 2 atom stereocenters. The smallest absolute Gasteiger partial charge is 0.232 e. The van der Waals surface area contributed by atoms with Gasteiger partial charge in [-0.25, -0.2) is 4.98 Å². The minimum Gasteiger partial charge on any atom is -0.480 e. The summed E-state index contributed by atoms with van der Waals surface area (Å²) >= 11 is 0. The van der Waals surface area contributed by atoms with E-state index in [0.29, 0.717) is 5.88 Å². The lowest BCUT2D eigenvalue weighted by Crippen LogP contribution is -2.13. The minimum absolute atomic E-state index is 0.0254. The molecule has 1 aromatic heterocycles. The van der Waals surface area contributed by atoms with Crippen LogP contribution in [0.2, 0.25) is 0 Å². The van der Waals surface area contributed by atoms with Gasteiger partial charge in [0.2, 0.25) is 5.88 Å². The Morgan fingerprint density at radius 2 is 2.08 bits per heavy atom. The third-order valence-corrected chi connectivity index (χ3v) is 2.03. The van der Waals surface area contributed by atoms with Gasteiger partial charge in [0.15, 0.2) is 0 Å². The van der Waals surface area contributed by atoms with Crippen molar-refractivity contribution in [3.05, 3.63) is 18.1 Å². The maximum Gasteiger partial charge on any atom is 0.232 e. The Bertz CT molecular complexity index is 276. The normalized spacial score (nSPS) is 15.1. The molecule has 0 radical (unpaired) electrons. The Morgan fingerprint density at radius 1 is 1.38 bits per heavy atom. The molecule has 0 aliphatic rings. The maximum atomic E-state index is 9.33. The fraction of sp³-hybridized carbons (Fsp3) is 0.556. The van der Waals surface area contributed by atoms with Crippen molar-refractivity contribution in [2.24, 2.45) is 0 Å². The fourth-order valence-electron chi connectivity index (χ4n) is 0.927. The molecular weight excluding hydrogens is 168 g/mol. The molecule has 0 aromatic carbocycles. The quantitative estimate of drug-likeness (QED) is 0.756. The third kappa shape index (κ3) is 2.39. The standard InChI is InChI=1S/C9H14N2O2/c1-6(7(2)12)8-4-10-5-9(11-8)13-3/h4-7,12H,1-3H3. The first-order valence-corrected chi connectivity index (χ1v) is 4.19. The van der Waals surface area contributed by atoms with E-state index in [2.05, 4.69) is 9.97 Å². The van der Waals surface area contributed by atoms with Crippen LogP contribution < -0.4 is 4.74 Å². The summed E-state index contributed by atoms with van der Waals surface area (Å²) in [6, 6.07) is 0. The van der Waals surface area contributed by atoms with Crippen LogP contribution in [0.5, 0.6) is 5.88 Å². The van der Waals surface area contributed by atoms with Crippen molar-refractivity contribution in [1.82, 2.24) is 9.97 Å². The van der Waals surface area contributed by atoms with Crippen LogP contribution in [0.4, 0.5) is 0 Å². The van der Waals surface area contributed by atoms with Gasteiger partial charge >= 0.3 is 0 Å². The number of ether oxygens (including phenoxy) is 1. The summed E-state index contributed by atoms with van der Waals surface area (Å²) < 4.78 is 4.93. The van der Waals surface area contributed by atoms with Gasteiger partial charge in [-0.15, -0.1) is 0 Å². The van der Waals surface area contributed by atoms with E-state index >= 15 is 0 Å². The zero-order valence-electron chi connectivity index (χ0n) is 8.06. The average Bonchev–Trinajstić information content (AvgIpc) is 2.16. The highest BCUT2D eigenvalue weighted by atomic mass is 16.5. The molecule has 4 nitrogen and oxygen atoms in total. The lowest BCUT2D eigenvalue weighted by molar-refractivity contribution is 0.166. The first-order chi connectivity index (χ1) is 6.15. The summed E-state index contributed by atoms with van der Waals surface area (Å²) in [4.78, 5) is 8.13. The predicted octanol–water partition coefficient (Wildman–Crippen LogP) is 0.969. The van der Waals surface area contributed by atoms with Crippen molar-refractivity contribution in [3.63, 3.8) is 0 Å². The van der Waals surface area contributed by atoms with E-state index in [1.54, 1.807) is 20.2 Å². The number of aliphatic hydroxyl groups is 1. The molecule has 1 heterocycles. The van der Waals surface area contributed by atoms with Crippen LogP contribution >= 0.6 is 0 Å². The number of methoxy groups -OCH3 is 1. The van der Waals surface area contributed by atoms with Gasteiger partial charge in [-0.3, -0.25) is 4.98 Å². The van der Waals surface area contributed by atoms with Crippen molar-refractivity contribution >= 4 is 0 Å². The number of aliphatic hydroxyl groups excluding tert-OH is 1. The highest BCUT2D eigenvalue weighted by Crippen LogP contribution is 2.17. The molecule has 0 saturated heterocycles. The predicted molar refractivity (Wildman–Crippen MR) is 48.7 cm³/mol. The van der Waals surface area contributed by atoms with E-state index in [1.165, 1.54) is 6.20 Å². The average molecular weight is 182 g/mol. The SMILES string of the molecule is COc1cncc(C(C)C(C)O)n1. The molecule has 0 amide bonds. The van der Waals surface area contributed by atoms with Crippen LogP contribution in [0.15, 0.2) is 12.4 Å². The van der Waals surface area contributed by atoms with Gasteiger partial charge in [0.25, 0.3) is 0 Å². The van der Waals surface area contributed by atoms with Gasteiger partial charge < -0.3 is 9.84 Å². The maximum absolute atomic E-state index is 9.33. The highest BCUT2D eigenvalue weighted by Gasteiger charge is 2.13. The summed E-state index contributed by atoms with van der Waals surface area (Å²) in [5.74, 6) is 0.451. The first-order valence-electron chi connectivity index (χ1n) is 4.19. The second-order valence-corrected chi connectivity index (χ2v) is 3.02. The van der Waals surface area contributed by atoms with E-state index in [9.17, 15) is 5.11 Å². The van der Waals surface area contributed by atoms with Gasteiger partial charge in [0.1, 0.15) is 0 Å². The molecule has 1 rings (SSSR count). The number of nitrogens with zero attached hydrogens (tertiary/aromatic N) is 2. The minimum atomic E-state index is -0.429. The molecule has 0 aliphatic carbocycles. The van der Waals surface area contributed by atoms with Gasteiger partial charge in [-0.2, -0.15) is 0 Å². The van der Waals surface area contributed by atoms with Crippen LogP contribution in [-0.2, 0) is 0 Å². The molecule has 0 saturated carbocycles. The molecule has 4 heteroatoms. The zero-order chi connectivity index (χ0) is 9.84. The molecule has 72 valence electrons. The summed E-state index contributed by atoms with van der Waals surface area (Å²) in [6.07, 6.45) is 2.75. The topological polar surface area (TPSA) is 55.2 Å². The molecule has 2 unspecified atom stereocenters. The number of rotatable bonds is 3. The number of hydrogen-bond donors (Lipinski definition) is 1. The highest BCUT2D eigenvalue weighted by molar-refractivity contribution is 5.12. The molecule has 0 aliphatic heterocycles. The molecular formula is C9H14N2O2. The largest absolute Gasteiger partial charge is 0.480 e. The van der Waals surface area contributed by atoms with Gasteiger partial charge in [-0.05, 0) is 6.92 Å². The number of hydrogen-bond acceptors (Lipinski definition) is 4. The van der Waals surface area contributed by atoms with Crippen LogP contribution in [-0.4, -0.2) is 28.3 Å². The Kier molecular flexibility index (Phi) is 3.19. The first kappa shape index (κ1) is 9.92. The van der Waals surface area contributed by atoms with Crippen LogP contribution in [0.1, 0.15) is 25.5 Å². The summed E-state index contributed by atoms with van der Waals surface area (Å²) in [5, 5.41) is 9.33. The lowest BCUT2D eigenvalue weighted by Gasteiger charge is -2.13. The fourth-order valence-corrected chi connectivity index (χ4v) is 0.927. The summed E-state index contributed by atoms with van der Waals surface area (Å²) in [6.45, 7) is 3.62. The molecule has 1 N–H and O–H groups in total. The monoisotopic (exact) mass is 182 g/mol. The second kappa shape index (κ2) is 4.18. The molecule has 0 bridgehead atoms. The molecule has 0 spiro atoms. The molecule has 13 heavy (non-hydrogen) atoms. The zero-order valence-corrected chi connectivity index (χ0v) is 8.06. The van der Waals surface area contributed by atoms with E-state index in [4.69, 9.17) is 4.74 Å². The Balaban J connectivity index is 2.88. The van der Waals surface area contributed by atoms with E-state index in [0.717, 1.165) is 5.69 Å². The summed E-state index contributed by atoms with van der Waals surface area (Å²) in [5.41, 5.74) is 0.745. The molecule has 1 aromatic rings. The Morgan fingerprint density at radius 3 is 2.62 bits per heavy atom. The van der Waals surface area contributed by atoms with Crippen molar-refractivity contribution in [1.29, 1.82) is 0 Å². The summed E-state index contributed by atoms with van der Waals surface area (Å²) in [7, 11) is 1.54. The lowest BCUT2D eigenvalue weighted by atomic mass is 10.0. The molecule has 0 fully saturated rings. The Hall–Kier alpha value is -1.16. The third-order valence-electron chi connectivity index (χ3n) is 2.03. The van der Waals surface area contributed by atoms with Crippen molar-refractivity contribution < 1.29 is 9.84 Å². The van der Waals surface area contributed by atoms with Gasteiger partial charge in [0.05, 0.1) is 25.1 Å². The van der Waals surface area contributed by atoms with Crippen molar-refractivity contribution in [2.75, 3.05) is 7.11 Å². The van der Waals surface area contributed by atoms with Crippen molar-refractivity contribution in [3.8, 4) is 5.88 Å².